The van der Waals surface area contributed by atoms with Crippen molar-refractivity contribution in [3.63, 3.8) is 0 Å². The zero-order valence-corrected chi connectivity index (χ0v) is 7.42. The van der Waals surface area contributed by atoms with Crippen LogP contribution in [-0.2, 0) is 4.74 Å². The molecule has 2 nitrogen and oxygen atoms in total. The maximum atomic E-state index is 8.49. The molecule has 0 rings (SSSR count). The molecule has 11 heavy (non-hydrogen) atoms. The van der Waals surface area contributed by atoms with Crippen molar-refractivity contribution in [3.05, 3.63) is 12.2 Å². The smallest absolute Gasteiger partial charge is 0.0751 e. The van der Waals surface area contributed by atoms with Gasteiger partial charge in [0, 0.05) is 13.7 Å². The summed E-state index contributed by atoms with van der Waals surface area (Å²) in [7, 11) is 1.71. The first-order valence-electron chi connectivity index (χ1n) is 4.15. The first-order valence-corrected chi connectivity index (χ1v) is 4.15. The summed E-state index contributed by atoms with van der Waals surface area (Å²) in [6.07, 6.45) is 7.11. The van der Waals surface area contributed by atoms with E-state index in [-0.39, 0.29) is 12.7 Å². The molecule has 0 aromatic heterocycles. The van der Waals surface area contributed by atoms with Crippen molar-refractivity contribution in [2.75, 3.05) is 13.7 Å². The van der Waals surface area contributed by atoms with E-state index in [0.717, 1.165) is 19.3 Å². The SMILES string of the molecule is CCCC(C=CCCO)OC. The molecular weight excluding hydrogens is 140 g/mol. The third-order valence-electron chi connectivity index (χ3n) is 1.52. The van der Waals surface area contributed by atoms with Crippen molar-refractivity contribution in [2.24, 2.45) is 0 Å². The second kappa shape index (κ2) is 7.76. The second-order valence-electron chi connectivity index (χ2n) is 2.50. The first-order chi connectivity index (χ1) is 5.35. The minimum atomic E-state index is 0.221. The van der Waals surface area contributed by atoms with Gasteiger partial charge in [0.25, 0.3) is 0 Å². The topological polar surface area (TPSA) is 29.5 Å². The lowest BCUT2D eigenvalue weighted by molar-refractivity contribution is 0.132. The Labute approximate surface area is 68.9 Å². The van der Waals surface area contributed by atoms with Crippen LogP contribution in [0.5, 0.6) is 0 Å². The Morgan fingerprint density at radius 3 is 2.73 bits per heavy atom. The van der Waals surface area contributed by atoms with E-state index >= 15 is 0 Å². The minimum absolute atomic E-state index is 0.221. The van der Waals surface area contributed by atoms with Crippen molar-refractivity contribution in [2.45, 2.75) is 32.3 Å². The highest BCUT2D eigenvalue weighted by Crippen LogP contribution is 2.02. The van der Waals surface area contributed by atoms with Crippen molar-refractivity contribution in [1.29, 1.82) is 0 Å². The van der Waals surface area contributed by atoms with Gasteiger partial charge in [0.05, 0.1) is 6.10 Å². The van der Waals surface area contributed by atoms with Crippen LogP contribution in [0.1, 0.15) is 26.2 Å². The minimum Gasteiger partial charge on any atom is -0.396 e. The molecular formula is C9H18O2. The van der Waals surface area contributed by atoms with Crippen molar-refractivity contribution < 1.29 is 9.84 Å². The average Bonchev–Trinajstić information content (AvgIpc) is 2.03. The fourth-order valence-electron chi connectivity index (χ4n) is 0.900. The Balaban J connectivity index is 3.49. The van der Waals surface area contributed by atoms with Crippen LogP contribution in [0.4, 0.5) is 0 Å². The van der Waals surface area contributed by atoms with E-state index in [1.807, 2.05) is 12.2 Å². The molecule has 66 valence electrons. The van der Waals surface area contributed by atoms with Gasteiger partial charge in [-0.1, -0.05) is 25.5 Å². The van der Waals surface area contributed by atoms with Gasteiger partial charge in [-0.2, -0.15) is 0 Å². The molecule has 1 N–H and O–H groups in total. The third kappa shape index (κ3) is 6.07. The maximum Gasteiger partial charge on any atom is 0.0751 e. The molecule has 2 heteroatoms. The van der Waals surface area contributed by atoms with Crippen molar-refractivity contribution in [1.82, 2.24) is 0 Å². The molecule has 0 bridgehead atoms. The summed E-state index contributed by atoms with van der Waals surface area (Å²) in [5, 5.41) is 8.49. The molecule has 1 atom stereocenters. The van der Waals surface area contributed by atoms with Crippen LogP contribution < -0.4 is 0 Å². The van der Waals surface area contributed by atoms with E-state index < -0.39 is 0 Å². The summed E-state index contributed by atoms with van der Waals surface area (Å²) in [4.78, 5) is 0. The van der Waals surface area contributed by atoms with Crippen LogP contribution >= 0.6 is 0 Å². The lowest BCUT2D eigenvalue weighted by Gasteiger charge is -2.07. The van der Waals surface area contributed by atoms with Crippen LogP contribution in [0.2, 0.25) is 0 Å². The van der Waals surface area contributed by atoms with Crippen molar-refractivity contribution >= 4 is 0 Å². The number of aliphatic hydroxyl groups is 1. The number of ether oxygens (including phenoxy) is 1. The summed E-state index contributed by atoms with van der Waals surface area (Å²) < 4.78 is 5.17. The predicted octanol–water partition coefficient (Wildman–Crippen LogP) is 1.74. The maximum absolute atomic E-state index is 8.49. The number of methoxy groups -OCH3 is 1. The Kier molecular flexibility index (Phi) is 7.52. The highest BCUT2D eigenvalue weighted by atomic mass is 16.5. The lowest BCUT2D eigenvalue weighted by atomic mass is 10.2. The van der Waals surface area contributed by atoms with Gasteiger partial charge < -0.3 is 9.84 Å². The van der Waals surface area contributed by atoms with Crippen LogP contribution in [0.15, 0.2) is 12.2 Å². The van der Waals surface area contributed by atoms with Gasteiger partial charge in [-0.3, -0.25) is 0 Å². The van der Waals surface area contributed by atoms with Gasteiger partial charge in [0.2, 0.25) is 0 Å². The molecule has 0 saturated carbocycles. The van der Waals surface area contributed by atoms with Crippen LogP contribution in [0.25, 0.3) is 0 Å². The number of hydrogen-bond acceptors (Lipinski definition) is 2. The molecule has 0 aliphatic heterocycles. The van der Waals surface area contributed by atoms with E-state index in [1.54, 1.807) is 7.11 Å². The summed E-state index contributed by atoms with van der Waals surface area (Å²) in [6, 6.07) is 0. The number of aliphatic hydroxyl groups excluding tert-OH is 1. The third-order valence-corrected chi connectivity index (χ3v) is 1.52. The summed E-state index contributed by atoms with van der Waals surface area (Å²) in [5.74, 6) is 0. The fraction of sp³-hybridized carbons (Fsp3) is 0.778. The molecule has 0 radical (unpaired) electrons. The van der Waals surface area contributed by atoms with E-state index in [4.69, 9.17) is 9.84 Å². The van der Waals surface area contributed by atoms with Crippen LogP contribution in [-0.4, -0.2) is 24.9 Å². The Bertz CT molecular complexity index is 99.7. The Morgan fingerprint density at radius 2 is 2.27 bits per heavy atom. The number of hydrogen-bond donors (Lipinski definition) is 1. The molecule has 0 spiro atoms. The zero-order chi connectivity index (χ0) is 8.53. The average molecular weight is 158 g/mol. The molecule has 0 aromatic carbocycles. The van der Waals surface area contributed by atoms with E-state index in [2.05, 4.69) is 6.92 Å². The summed E-state index contributed by atoms with van der Waals surface area (Å²) in [6.45, 7) is 2.35. The normalized spacial score (nSPS) is 14.1. The molecule has 0 fully saturated rings. The standard InChI is InChI=1S/C9H18O2/c1-3-6-9(11-2)7-4-5-8-10/h4,7,9-10H,3,5-6,8H2,1-2H3. The van der Waals surface area contributed by atoms with E-state index in [1.165, 1.54) is 0 Å². The van der Waals surface area contributed by atoms with Crippen LogP contribution in [0.3, 0.4) is 0 Å². The summed E-state index contributed by atoms with van der Waals surface area (Å²) >= 11 is 0. The fourth-order valence-corrected chi connectivity index (χ4v) is 0.900. The molecule has 0 heterocycles. The van der Waals surface area contributed by atoms with Gasteiger partial charge >= 0.3 is 0 Å². The highest BCUT2D eigenvalue weighted by Gasteiger charge is 1.98. The number of rotatable bonds is 6. The highest BCUT2D eigenvalue weighted by molar-refractivity contribution is 4.88. The molecule has 1 unspecified atom stereocenters. The van der Waals surface area contributed by atoms with E-state index in [9.17, 15) is 0 Å². The Morgan fingerprint density at radius 1 is 1.55 bits per heavy atom. The van der Waals surface area contributed by atoms with Gasteiger partial charge in [-0.15, -0.1) is 0 Å². The van der Waals surface area contributed by atoms with Gasteiger partial charge in [-0.25, -0.2) is 0 Å². The molecule has 0 aliphatic carbocycles. The van der Waals surface area contributed by atoms with Crippen LogP contribution in [0, 0.1) is 0 Å². The summed E-state index contributed by atoms with van der Waals surface area (Å²) in [5.41, 5.74) is 0. The molecule has 0 aromatic rings. The first kappa shape index (κ1) is 10.7. The Hall–Kier alpha value is -0.340. The lowest BCUT2D eigenvalue weighted by Crippen LogP contribution is -2.05. The van der Waals surface area contributed by atoms with Gasteiger partial charge in [-0.05, 0) is 12.8 Å². The quantitative estimate of drug-likeness (QED) is 0.597. The second-order valence-corrected chi connectivity index (χ2v) is 2.50. The van der Waals surface area contributed by atoms with E-state index in [0.29, 0.717) is 0 Å². The van der Waals surface area contributed by atoms with Crippen molar-refractivity contribution in [3.8, 4) is 0 Å². The van der Waals surface area contributed by atoms with Gasteiger partial charge in [0.15, 0.2) is 0 Å². The largest absolute Gasteiger partial charge is 0.396 e. The zero-order valence-electron chi connectivity index (χ0n) is 7.42. The molecule has 0 saturated heterocycles. The monoisotopic (exact) mass is 158 g/mol. The van der Waals surface area contributed by atoms with Gasteiger partial charge in [0.1, 0.15) is 0 Å². The molecule has 0 aliphatic rings. The molecule has 0 amide bonds. The predicted molar refractivity (Wildman–Crippen MR) is 46.5 cm³/mol.